The Bertz CT molecular complexity index is 2720. The van der Waals surface area contributed by atoms with Crippen LogP contribution in [0.4, 0.5) is 0 Å². The highest BCUT2D eigenvalue weighted by Crippen LogP contribution is 2.39. The molecule has 0 radical (unpaired) electrons. The Balaban J connectivity index is 0.000000156. The van der Waals surface area contributed by atoms with E-state index in [9.17, 15) is 0 Å². The fraction of sp³-hybridized carbons (Fsp3) is 0.200. The van der Waals surface area contributed by atoms with E-state index in [0.29, 0.717) is 0 Å². The second-order valence-electron chi connectivity index (χ2n) is 17.7. The first-order chi connectivity index (χ1) is 32.8. The van der Waals surface area contributed by atoms with Gasteiger partial charge in [0.1, 0.15) is 11.5 Å². The third kappa shape index (κ3) is 12.7. The van der Waals surface area contributed by atoms with Gasteiger partial charge in [0.2, 0.25) is 0 Å². The fourth-order valence-corrected chi connectivity index (χ4v) is 7.99. The van der Waals surface area contributed by atoms with Gasteiger partial charge in [0.25, 0.3) is 0 Å². The van der Waals surface area contributed by atoms with Crippen molar-refractivity contribution in [2.75, 3.05) is 27.8 Å². The van der Waals surface area contributed by atoms with Gasteiger partial charge in [-0.2, -0.15) is 0 Å². The Labute approximate surface area is 408 Å². The van der Waals surface area contributed by atoms with E-state index in [0.717, 1.165) is 49.8 Å². The topological polar surface area (TPSA) is 55.4 Å². The third-order valence-electron chi connectivity index (χ3n) is 12.0. The molecule has 9 rings (SSSR count). The van der Waals surface area contributed by atoms with Gasteiger partial charge in [-0.3, -0.25) is 0 Å². The first-order valence-corrected chi connectivity index (χ1v) is 23.2. The zero-order chi connectivity index (χ0) is 48.1. The van der Waals surface area contributed by atoms with Crippen LogP contribution in [-0.2, 0) is 18.8 Å². The average Bonchev–Trinajstić information content (AvgIpc) is 3.59. The number of halogens is 1. The standard InChI is InChI=1S/C27H24O2.C18H13Cl.C15H23BO4/c1-20-13-14-27(29-19-28-2)26(15-20)25-17-23(21-9-5-3-6-10-21)16-24(18-25)22-11-7-4-8-12-22;19-18-12-16(14-7-3-1-4-8-14)11-17(13-18)15-9-5-2-6-10-15;1-11-7-8-13(18-10-17-6)12(9-11)16-19-14(2,3)15(4,5)20-16/h3-18H,19H2,1-2H3;1-13H;7-9H,10H2,1-6H3. The molecule has 8 aromatic rings. The first-order valence-electron chi connectivity index (χ1n) is 22.8. The molecule has 0 atom stereocenters. The van der Waals surface area contributed by atoms with Gasteiger partial charge in [-0.05, 0) is 146 Å². The minimum absolute atomic E-state index is 0.204. The molecule has 0 spiro atoms. The fourth-order valence-electron chi connectivity index (χ4n) is 7.76. The molecular formula is C60H60BClO6. The highest BCUT2D eigenvalue weighted by molar-refractivity contribution is 6.63. The van der Waals surface area contributed by atoms with E-state index >= 15 is 0 Å². The van der Waals surface area contributed by atoms with Gasteiger partial charge in [-0.15, -0.1) is 0 Å². The number of rotatable bonds is 12. The van der Waals surface area contributed by atoms with E-state index in [4.69, 9.17) is 39.9 Å². The van der Waals surface area contributed by atoms with Gasteiger partial charge < -0.3 is 28.3 Å². The number of methoxy groups -OCH3 is 2. The van der Waals surface area contributed by atoms with Crippen LogP contribution in [0.3, 0.4) is 0 Å². The molecule has 1 saturated heterocycles. The molecule has 346 valence electrons. The molecule has 0 saturated carbocycles. The molecule has 1 aliphatic heterocycles. The summed E-state index contributed by atoms with van der Waals surface area (Å²) in [6.45, 7) is 12.7. The van der Waals surface area contributed by atoms with Crippen LogP contribution in [0.5, 0.6) is 11.5 Å². The van der Waals surface area contributed by atoms with Crippen molar-refractivity contribution in [3.05, 3.63) is 210 Å². The molecule has 0 bridgehead atoms. The van der Waals surface area contributed by atoms with Crippen LogP contribution in [0.2, 0.25) is 5.02 Å². The summed E-state index contributed by atoms with van der Waals surface area (Å²) in [6, 6.07) is 66.7. The predicted molar refractivity (Wildman–Crippen MR) is 282 cm³/mol. The smallest absolute Gasteiger partial charge is 0.468 e. The van der Waals surface area contributed by atoms with E-state index in [-0.39, 0.29) is 24.8 Å². The zero-order valence-corrected chi connectivity index (χ0v) is 41.1. The molecule has 0 unspecified atom stereocenters. The Hall–Kier alpha value is -6.45. The molecular weight excluding hydrogens is 863 g/mol. The van der Waals surface area contributed by atoms with Crippen molar-refractivity contribution in [3.8, 4) is 67.1 Å². The van der Waals surface area contributed by atoms with Gasteiger partial charge in [0.15, 0.2) is 13.6 Å². The largest absolute Gasteiger partial charge is 0.498 e. The number of hydrogen-bond acceptors (Lipinski definition) is 6. The van der Waals surface area contributed by atoms with Gasteiger partial charge in [-0.25, -0.2) is 0 Å². The normalized spacial score (nSPS) is 13.4. The SMILES string of the molecule is COCOc1ccc(C)cc1-c1cc(-c2ccccc2)cc(-c2ccccc2)c1.COCOc1ccc(C)cc1B1OC(C)(C)C(C)(C)O1.Clc1cc(-c2ccccc2)cc(-c2ccccc2)c1. The van der Waals surface area contributed by atoms with Crippen LogP contribution >= 0.6 is 11.6 Å². The zero-order valence-electron chi connectivity index (χ0n) is 40.3. The maximum absolute atomic E-state index is 6.25. The van der Waals surface area contributed by atoms with Crippen molar-refractivity contribution in [2.24, 2.45) is 0 Å². The highest BCUT2D eigenvalue weighted by Gasteiger charge is 2.52. The number of benzene rings is 8. The maximum atomic E-state index is 6.25. The molecule has 1 fully saturated rings. The van der Waals surface area contributed by atoms with Crippen molar-refractivity contribution in [1.82, 2.24) is 0 Å². The highest BCUT2D eigenvalue weighted by atomic mass is 35.5. The quantitative estimate of drug-likeness (QED) is 0.0899. The Kier molecular flexibility index (Phi) is 16.8. The second-order valence-corrected chi connectivity index (χ2v) is 18.2. The van der Waals surface area contributed by atoms with E-state index < -0.39 is 7.12 Å². The van der Waals surface area contributed by atoms with Crippen LogP contribution in [-0.4, -0.2) is 46.1 Å². The summed E-state index contributed by atoms with van der Waals surface area (Å²) in [4.78, 5) is 0. The van der Waals surface area contributed by atoms with Gasteiger partial charge in [-0.1, -0.05) is 162 Å². The van der Waals surface area contributed by atoms with Crippen LogP contribution in [0.1, 0.15) is 38.8 Å². The van der Waals surface area contributed by atoms with Crippen molar-refractivity contribution in [3.63, 3.8) is 0 Å². The van der Waals surface area contributed by atoms with Gasteiger partial charge in [0, 0.05) is 30.3 Å². The average molecular weight is 923 g/mol. The minimum Gasteiger partial charge on any atom is -0.468 e. The van der Waals surface area contributed by atoms with E-state index in [1.807, 2.05) is 120 Å². The molecule has 8 aromatic carbocycles. The number of ether oxygens (including phenoxy) is 4. The van der Waals surface area contributed by atoms with E-state index in [2.05, 4.69) is 116 Å². The van der Waals surface area contributed by atoms with Gasteiger partial charge >= 0.3 is 7.12 Å². The minimum atomic E-state index is -0.424. The third-order valence-corrected chi connectivity index (χ3v) is 12.3. The lowest BCUT2D eigenvalue weighted by Crippen LogP contribution is -2.41. The second kappa shape index (κ2) is 23.0. The van der Waals surface area contributed by atoms with E-state index in [1.165, 1.54) is 38.9 Å². The summed E-state index contributed by atoms with van der Waals surface area (Å²) < 4.78 is 33.7. The number of aryl methyl sites for hydroxylation is 2. The first kappa shape index (κ1) is 49.5. The van der Waals surface area contributed by atoms with E-state index in [1.54, 1.807) is 14.2 Å². The molecule has 0 aromatic heterocycles. The van der Waals surface area contributed by atoms with Crippen LogP contribution in [0, 0.1) is 13.8 Å². The molecule has 0 aliphatic carbocycles. The Morgan fingerprint density at radius 3 is 1.18 bits per heavy atom. The molecule has 6 nitrogen and oxygen atoms in total. The van der Waals surface area contributed by atoms with Crippen molar-refractivity contribution in [2.45, 2.75) is 52.7 Å². The maximum Gasteiger partial charge on any atom is 0.498 e. The van der Waals surface area contributed by atoms with Crippen molar-refractivity contribution in [1.29, 1.82) is 0 Å². The molecule has 8 heteroatoms. The van der Waals surface area contributed by atoms with Gasteiger partial charge in [0.05, 0.1) is 11.2 Å². The summed E-state index contributed by atoms with van der Waals surface area (Å²) in [5.74, 6) is 1.55. The van der Waals surface area contributed by atoms with Crippen LogP contribution in [0.15, 0.2) is 194 Å². The molecule has 1 heterocycles. The molecule has 0 amide bonds. The van der Waals surface area contributed by atoms with Crippen LogP contribution in [0.25, 0.3) is 55.6 Å². The summed E-state index contributed by atoms with van der Waals surface area (Å²) in [5.41, 5.74) is 14.1. The predicted octanol–water partition coefficient (Wildman–Crippen LogP) is 14.9. The van der Waals surface area contributed by atoms with Crippen molar-refractivity contribution < 1.29 is 28.3 Å². The lowest BCUT2D eigenvalue weighted by atomic mass is 9.77. The molecule has 1 aliphatic rings. The Morgan fingerprint density at radius 2 is 0.765 bits per heavy atom. The lowest BCUT2D eigenvalue weighted by molar-refractivity contribution is 0.00578. The van der Waals surface area contributed by atoms with Crippen molar-refractivity contribution >= 4 is 24.2 Å². The Morgan fingerprint density at radius 1 is 0.412 bits per heavy atom. The summed E-state index contributed by atoms with van der Waals surface area (Å²) in [7, 11) is 2.81. The summed E-state index contributed by atoms with van der Waals surface area (Å²) in [5, 5.41) is 0.764. The van der Waals surface area contributed by atoms with Crippen LogP contribution < -0.4 is 14.9 Å². The lowest BCUT2D eigenvalue weighted by Gasteiger charge is -2.32. The summed E-state index contributed by atoms with van der Waals surface area (Å²) >= 11 is 6.25. The number of hydrogen-bond donors (Lipinski definition) is 0. The molecule has 0 N–H and O–H groups in total. The molecule has 68 heavy (non-hydrogen) atoms. The summed E-state index contributed by atoms with van der Waals surface area (Å²) in [6.07, 6.45) is 0. The monoisotopic (exact) mass is 922 g/mol.